The van der Waals surface area contributed by atoms with Gasteiger partial charge in [-0.1, -0.05) is 0 Å². The van der Waals surface area contributed by atoms with Crippen LogP contribution in [0.25, 0.3) is 0 Å². The molecule has 2 amide bonds. The summed E-state index contributed by atoms with van der Waals surface area (Å²) in [6.07, 6.45) is 4.87. The van der Waals surface area contributed by atoms with Gasteiger partial charge in [0.2, 0.25) is 11.8 Å². The van der Waals surface area contributed by atoms with Crippen LogP contribution in [0.5, 0.6) is 0 Å². The Morgan fingerprint density at radius 3 is 3.00 bits per heavy atom. The third kappa shape index (κ3) is 3.33. The molecule has 2 aliphatic rings. The highest BCUT2D eigenvalue weighted by Gasteiger charge is 2.38. The minimum absolute atomic E-state index is 0.0373. The summed E-state index contributed by atoms with van der Waals surface area (Å²) < 4.78 is 1.86. The summed E-state index contributed by atoms with van der Waals surface area (Å²) in [6, 6.07) is 2.14. The maximum atomic E-state index is 12.7. The first kappa shape index (κ1) is 15.8. The van der Waals surface area contributed by atoms with Gasteiger partial charge in [-0.15, -0.1) is 0 Å². The number of anilines is 1. The van der Waals surface area contributed by atoms with Crippen molar-refractivity contribution in [3.63, 3.8) is 0 Å². The summed E-state index contributed by atoms with van der Waals surface area (Å²) in [4.78, 5) is 26.2. The number of amides is 2. The molecule has 23 heavy (non-hydrogen) atoms. The highest BCUT2D eigenvalue weighted by atomic mass is 16.2. The number of hydrogen-bond donors (Lipinski definition) is 2. The first-order valence-electron chi connectivity index (χ1n) is 8.28. The molecule has 3 rings (SSSR count). The van der Waals surface area contributed by atoms with E-state index in [2.05, 4.69) is 20.6 Å². The molecule has 0 saturated carbocycles. The molecule has 2 atom stereocenters. The van der Waals surface area contributed by atoms with Gasteiger partial charge in [0.1, 0.15) is 5.82 Å². The molecule has 1 aromatic rings. The fraction of sp³-hybridized carbons (Fsp3) is 0.688. The fourth-order valence-corrected chi connectivity index (χ4v) is 3.39. The Bertz CT molecular complexity index is 587. The highest BCUT2D eigenvalue weighted by molar-refractivity contribution is 5.86. The first-order valence-corrected chi connectivity index (χ1v) is 8.28. The van der Waals surface area contributed by atoms with Gasteiger partial charge in [0.25, 0.3) is 0 Å². The van der Waals surface area contributed by atoms with Crippen LogP contribution in [-0.4, -0.2) is 47.3 Å². The van der Waals surface area contributed by atoms with Crippen LogP contribution in [-0.2, 0) is 16.6 Å². The number of carbonyl (C=O) groups is 2. The van der Waals surface area contributed by atoms with E-state index in [1.54, 1.807) is 6.20 Å². The monoisotopic (exact) mass is 319 g/mol. The standard InChI is InChI=1S/C16H25N5O2/c1-16(7-5-13(22)17-11-16)15(23)19-12-4-3-9-21(10-12)14-6-8-18-20(14)2/h6,8,12H,3-5,7,9-11H2,1-2H3,(H,17,22)(H,19,23)/t12-,16+/m1/s1. The van der Waals surface area contributed by atoms with Crippen LogP contribution in [0.15, 0.2) is 12.3 Å². The van der Waals surface area contributed by atoms with Crippen molar-refractivity contribution in [2.45, 2.75) is 38.6 Å². The van der Waals surface area contributed by atoms with Crippen molar-refractivity contribution in [3.8, 4) is 0 Å². The number of piperidine rings is 2. The Hall–Kier alpha value is -2.05. The zero-order valence-electron chi connectivity index (χ0n) is 13.8. The Kier molecular flexibility index (Phi) is 4.28. The predicted molar refractivity (Wildman–Crippen MR) is 86.9 cm³/mol. The van der Waals surface area contributed by atoms with Crippen molar-refractivity contribution >= 4 is 17.6 Å². The van der Waals surface area contributed by atoms with E-state index in [-0.39, 0.29) is 17.9 Å². The number of hydrogen-bond acceptors (Lipinski definition) is 4. The zero-order valence-corrected chi connectivity index (χ0v) is 13.8. The van der Waals surface area contributed by atoms with Crippen molar-refractivity contribution in [2.75, 3.05) is 24.5 Å². The second kappa shape index (κ2) is 6.22. The molecule has 0 unspecified atom stereocenters. The molecule has 2 N–H and O–H groups in total. The van der Waals surface area contributed by atoms with Gasteiger partial charge in [-0.3, -0.25) is 14.3 Å². The second-order valence-corrected chi connectivity index (χ2v) is 6.91. The smallest absolute Gasteiger partial charge is 0.228 e. The summed E-state index contributed by atoms with van der Waals surface area (Å²) in [7, 11) is 1.93. The van der Waals surface area contributed by atoms with E-state index in [1.807, 2.05) is 24.7 Å². The molecule has 0 aliphatic carbocycles. The van der Waals surface area contributed by atoms with Gasteiger partial charge in [-0.25, -0.2) is 0 Å². The third-order valence-corrected chi connectivity index (χ3v) is 5.00. The van der Waals surface area contributed by atoms with Gasteiger partial charge in [-0.2, -0.15) is 5.10 Å². The van der Waals surface area contributed by atoms with Crippen LogP contribution in [0.3, 0.4) is 0 Å². The number of rotatable bonds is 3. The molecule has 126 valence electrons. The molecule has 7 nitrogen and oxygen atoms in total. The van der Waals surface area contributed by atoms with Gasteiger partial charge >= 0.3 is 0 Å². The molecule has 2 fully saturated rings. The molecule has 0 radical (unpaired) electrons. The maximum absolute atomic E-state index is 12.7. The van der Waals surface area contributed by atoms with Crippen molar-refractivity contribution in [3.05, 3.63) is 12.3 Å². The number of nitrogens with zero attached hydrogens (tertiary/aromatic N) is 3. The Morgan fingerprint density at radius 1 is 1.52 bits per heavy atom. The van der Waals surface area contributed by atoms with E-state index in [0.29, 0.717) is 19.4 Å². The van der Waals surface area contributed by atoms with Crippen molar-refractivity contribution < 1.29 is 9.59 Å². The SMILES string of the molecule is Cn1nccc1N1CCC[C@@H](NC(=O)[C@@]2(C)CCC(=O)NC2)C1. The van der Waals surface area contributed by atoms with Gasteiger partial charge in [0.15, 0.2) is 0 Å². The van der Waals surface area contributed by atoms with Crippen molar-refractivity contribution in [1.82, 2.24) is 20.4 Å². The Balaban J connectivity index is 1.60. The van der Waals surface area contributed by atoms with Crippen LogP contribution in [0.4, 0.5) is 5.82 Å². The normalized spacial score (nSPS) is 28.3. The average Bonchev–Trinajstić information content (AvgIpc) is 2.97. The molecule has 3 heterocycles. The summed E-state index contributed by atoms with van der Waals surface area (Å²) in [5.74, 6) is 1.17. The van der Waals surface area contributed by atoms with Crippen LogP contribution < -0.4 is 15.5 Å². The first-order chi connectivity index (χ1) is 11.0. The van der Waals surface area contributed by atoms with E-state index < -0.39 is 5.41 Å². The molecular weight excluding hydrogens is 294 g/mol. The van der Waals surface area contributed by atoms with Gasteiger partial charge < -0.3 is 15.5 Å². The zero-order chi connectivity index (χ0) is 16.4. The largest absolute Gasteiger partial charge is 0.355 e. The number of aromatic nitrogens is 2. The molecule has 0 aromatic carbocycles. The lowest BCUT2D eigenvalue weighted by Gasteiger charge is -2.38. The molecular formula is C16H25N5O2. The molecule has 0 bridgehead atoms. The minimum atomic E-state index is -0.497. The highest BCUT2D eigenvalue weighted by Crippen LogP contribution is 2.27. The summed E-state index contributed by atoms with van der Waals surface area (Å²) >= 11 is 0. The lowest BCUT2D eigenvalue weighted by atomic mass is 9.81. The van der Waals surface area contributed by atoms with Gasteiger partial charge in [-0.05, 0) is 26.2 Å². The van der Waals surface area contributed by atoms with E-state index >= 15 is 0 Å². The summed E-state index contributed by atoms with van der Waals surface area (Å²) in [6.45, 7) is 4.15. The summed E-state index contributed by atoms with van der Waals surface area (Å²) in [5, 5.41) is 10.2. The van der Waals surface area contributed by atoms with Crippen LogP contribution in [0.1, 0.15) is 32.6 Å². The fourth-order valence-electron chi connectivity index (χ4n) is 3.39. The van der Waals surface area contributed by atoms with E-state index in [9.17, 15) is 9.59 Å². The van der Waals surface area contributed by atoms with Crippen LogP contribution in [0.2, 0.25) is 0 Å². The van der Waals surface area contributed by atoms with Crippen LogP contribution in [0, 0.1) is 5.41 Å². The Labute approximate surface area is 136 Å². The van der Waals surface area contributed by atoms with E-state index in [1.165, 1.54) is 0 Å². The van der Waals surface area contributed by atoms with Crippen molar-refractivity contribution in [1.29, 1.82) is 0 Å². The number of nitrogens with one attached hydrogen (secondary N) is 2. The lowest BCUT2D eigenvalue weighted by molar-refractivity contribution is -0.135. The lowest BCUT2D eigenvalue weighted by Crippen LogP contribution is -2.55. The quantitative estimate of drug-likeness (QED) is 0.846. The average molecular weight is 319 g/mol. The van der Waals surface area contributed by atoms with Crippen molar-refractivity contribution in [2.24, 2.45) is 12.5 Å². The molecule has 1 aromatic heterocycles. The molecule has 2 saturated heterocycles. The topological polar surface area (TPSA) is 79.3 Å². The number of aryl methyl sites for hydroxylation is 1. The molecule has 0 spiro atoms. The number of carbonyl (C=O) groups excluding carboxylic acids is 2. The van der Waals surface area contributed by atoms with Gasteiger partial charge in [0.05, 0.1) is 11.6 Å². The van der Waals surface area contributed by atoms with E-state index in [0.717, 1.165) is 31.7 Å². The molecule has 7 heteroatoms. The third-order valence-electron chi connectivity index (χ3n) is 5.00. The van der Waals surface area contributed by atoms with E-state index in [4.69, 9.17) is 0 Å². The second-order valence-electron chi connectivity index (χ2n) is 6.91. The predicted octanol–water partition coefficient (Wildman–Crippen LogP) is 0.421. The molecule has 2 aliphatic heterocycles. The summed E-state index contributed by atoms with van der Waals surface area (Å²) in [5.41, 5.74) is -0.497. The minimum Gasteiger partial charge on any atom is -0.355 e. The Morgan fingerprint density at radius 2 is 2.35 bits per heavy atom. The van der Waals surface area contributed by atoms with Crippen LogP contribution >= 0.6 is 0 Å². The maximum Gasteiger partial charge on any atom is 0.228 e. The van der Waals surface area contributed by atoms with Gasteiger partial charge in [0, 0.05) is 45.2 Å².